The molecule has 2 aromatic heterocycles. The van der Waals surface area contributed by atoms with Gasteiger partial charge in [0.25, 0.3) is 0 Å². The Balaban J connectivity index is 1.53. The number of carbonyl (C=O) groups is 1. The van der Waals surface area contributed by atoms with Crippen molar-refractivity contribution in [2.24, 2.45) is 11.3 Å². The van der Waals surface area contributed by atoms with Crippen LogP contribution in [0, 0.1) is 11.3 Å². The van der Waals surface area contributed by atoms with Crippen molar-refractivity contribution in [3.8, 4) is 5.88 Å². The number of carbonyl (C=O) groups excluding carboxylic acids is 1. The van der Waals surface area contributed by atoms with E-state index in [9.17, 15) is 4.79 Å². The largest absolute Gasteiger partial charge is 0.481 e. The minimum atomic E-state index is -0.300. The van der Waals surface area contributed by atoms with Crippen molar-refractivity contribution < 1.29 is 9.53 Å². The minimum absolute atomic E-state index is 0.235. The highest BCUT2D eigenvalue weighted by molar-refractivity contribution is 6.00. The summed E-state index contributed by atoms with van der Waals surface area (Å²) in [5.74, 6) is 1.22. The SMILES string of the molecule is COc1ncccc1CN1C[C@@H](C)[C@@]2(CCN(c3cccnc3)C2=O)C1. The Morgan fingerprint density at radius 1 is 1.31 bits per heavy atom. The molecular formula is C20H24N4O2. The van der Waals surface area contributed by atoms with Gasteiger partial charge in [0.05, 0.1) is 24.4 Å². The van der Waals surface area contributed by atoms with E-state index in [0.717, 1.165) is 43.9 Å². The molecule has 2 aliphatic heterocycles. The first-order valence-corrected chi connectivity index (χ1v) is 9.06. The fourth-order valence-electron chi connectivity index (χ4n) is 4.42. The predicted octanol–water partition coefficient (Wildman–Crippen LogP) is 2.36. The number of hydrogen-bond acceptors (Lipinski definition) is 5. The van der Waals surface area contributed by atoms with Crippen LogP contribution in [0.15, 0.2) is 42.9 Å². The molecule has 6 nitrogen and oxygen atoms in total. The van der Waals surface area contributed by atoms with E-state index in [4.69, 9.17) is 4.74 Å². The van der Waals surface area contributed by atoms with Crippen LogP contribution in [0.1, 0.15) is 18.9 Å². The Hall–Kier alpha value is -2.47. The molecular weight excluding hydrogens is 328 g/mol. The quantitative estimate of drug-likeness (QED) is 0.845. The number of amides is 1. The molecule has 2 aromatic rings. The number of likely N-dealkylation sites (tertiary alicyclic amines) is 1. The van der Waals surface area contributed by atoms with Gasteiger partial charge in [-0.1, -0.05) is 13.0 Å². The molecule has 0 saturated carbocycles. The van der Waals surface area contributed by atoms with Gasteiger partial charge in [-0.25, -0.2) is 4.98 Å². The van der Waals surface area contributed by atoms with Crippen LogP contribution in [0.3, 0.4) is 0 Å². The van der Waals surface area contributed by atoms with Gasteiger partial charge in [0.15, 0.2) is 0 Å². The van der Waals surface area contributed by atoms with Gasteiger partial charge in [-0.15, -0.1) is 0 Å². The first kappa shape index (κ1) is 17.0. The average Bonchev–Trinajstić information content (AvgIpc) is 3.16. The molecule has 4 heterocycles. The van der Waals surface area contributed by atoms with Gasteiger partial charge in [-0.2, -0.15) is 0 Å². The van der Waals surface area contributed by atoms with Gasteiger partial charge >= 0.3 is 0 Å². The lowest BCUT2D eigenvalue weighted by molar-refractivity contribution is -0.126. The third-order valence-electron chi connectivity index (χ3n) is 5.83. The molecule has 136 valence electrons. The summed E-state index contributed by atoms with van der Waals surface area (Å²) in [6.45, 7) is 5.40. The molecule has 2 atom stereocenters. The zero-order chi connectivity index (χ0) is 18.1. The third kappa shape index (κ3) is 2.74. The van der Waals surface area contributed by atoms with E-state index in [-0.39, 0.29) is 11.3 Å². The average molecular weight is 352 g/mol. The molecule has 1 spiro atoms. The number of methoxy groups -OCH3 is 1. The lowest BCUT2D eigenvalue weighted by atomic mass is 9.78. The number of aromatic nitrogens is 2. The van der Waals surface area contributed by atoms with Gasteiger partial charge in [-0.3, -0.25) is 14.7 Å². The van der Waals surface area contributed by atoms with E-state index in [0.29, 0.717) is 11.8 Å². The Labute approximate surface area is 153 Å². The van der Waals surface area contributed by atoms with E-state index in [1.165, 1.54) is 0 Å². The number of hydrogen-bond donors (Lipinski definition) is 0. The standard InChI is InChI=1S/C20H24N4O2/c1-15-12-23(13-16-5-3-9-22-18(16)26-2)14-20(15)7-10-24(19(20)25)17-6-4-8-21-11-17/h3-6,8-9,11,15H,7,10,12-14H2,1-2H3/t15-,20-/m1/s1. The minimum Gasteiger partial charge on any atom is -0.481 e. The highest BCUT2D eigenvalue weighted by atomic mass is 16.5. The number of ether oxygens (including phenoxy) is 1. The lowest BCUT2D eigenvalue weighted by Gasteiger charge is -2.26. The summed E-state index contributed by atoms with van der Waals surface area (Å²) < 4.78 is 5.38. The second-order valence-electron chi connectivity index (χ2n) is 7.32. The maximum absolute atomic E-state index is 13.3. The summed E-state index contributed by atoms with van der Waals surface area (Å²) in [4.78, 5) is 26.0. The number of anilines is 1. The molecule has 2 saturated heterocycles. The fraction of sp³-hybridized carbons (Fsp3) is 0.450. The predicted molar refractivity (Wildman–Crippen MR) is 98.9 cm³/mol. The van der Waals surface area contributed by atoms with Crippen molar-refractivity contribution in [1.29, 1.82) is 0 Å². The first-order valence-electron chi connectivity index (χ1n) is 9.06. The van der Waals surface area contributed by atoms with Crippen LogP contribution in [0.25, 0.3) is 0 Å². The highest BCUT2D eigenvalue weighted by Crippen LogP contribution is 2.46. The zero-order valence-corrected chi connectivity index (χ0v) is 15.3. The normalized spacial score (nSPS) is 26.0. The van der Waals surface area contributed by atoms with Gasteiger partial charge < -0.3 is 9.64 Å². The van der Waals surface area contributed by atoms with Crippen LogP contribution >= 0.6 is 0 Å². The van der Waals surface area contributed by atoms with Crippen molar-refractivity contribution >= 4 is 11.6 Å². The summed E-state index contributed by atoms with van der Waals surface area (Å²) in [6, 6.07) is 7.81. The highest BCUT2D eigenvalue weighted by Gasteiger charge is 2.55. The molecule has 0 unspecified atom stereocenters. The number of rotatable bonds is 4. The summed E-state index contributed by atoms with van der Waals surface area (Å²) in [5.41, 5.74) is 1.66. The third-order valence-corrected chi connectivity index (χ3v) is 5.83. The van der Waals surface area contributed by atoms with Crippen molar-refractivity contribution in [1.82, 2.24) is 14.9 Å². The van der Waals surface area contributed by atoms with Crippen molar-refractivity contribution in [2.45, 2.75) is 19.9 Å². The Morgan fingerprint density at radius 3 is 2.92 bits per heavy atom. The summed E-state index contributed by atoms with van der Waals surface area (Å²) in [5, 5.41) is 0. The number of pyridine rings is 2. The van der Waals surface area contributed by atoms with Crippen molar-refractivity contribution in [2.75, 3.05) is 31.6 Å². The molecule has 2 aliphatic rings. The Morgan fingerprint density at radius 2 is 2.15 bits per heavy atom. The molecule has 4 rings (SSSR count). The van der Waals surface area contributed by atoms with E-state index in [1.54, 1.807) is 25.7 Å². The lowest BCUT2D eigenvalue weighted by Crippen LogP contribution is -2.39. The second kappa shape index (κ2) is 6.68. The van der Waals surface area contributed by atoms with Crippen LogP contribution < -0.4 is 9.64 Å². The molecule has 2 fully saturated rings. The molecule has 0 aromatic carbocycles. The smallest absolute Gasteiger partial charge is 0.234 e. The van der Waals surface area contributed by atoms with Crippen LogP contribution in [0.2, 0.25) is 0 Å². The summed E-state index contributed by atoms with van der Waals surface area (Å²) in [7, 11) is 1.65. The van der Waals surface area contributed by atoms with Crippen LogP contribution in [-0.2, 0) is 11.3 Å². The van der Waals surface area contributed by atoms with Gasteiger partial charge in [0.2, 0.25) is 11.8 Å². The van der Waals surface area contributed by atoms with Crippen molar-refractivity contribution in [3.05, 3.63) is 48.4 Å². The van der Waals surface area contributed by atoms with E-state index in [1.807, 2.05) is 29.2 Å². The monoisotopic (exact) mass is 352 g/mol. The molecule has 26 heavy (non-hydrogen) atoms. The topological polar surface area (TPSA) is 58.6 Å². The summed E-state index contributed by atoms with van der Waals surface area (Å²) >= 11 is 0. The van der Waals surface area contributed by atoms with Crippen molar-refractivity contribution in [3.63, 3.8) is 0 Å². The van der Waals surface area contributed by atoms with Gasteiger partial charge in [0, 0.05) is 44.1 Å². The molecule has 6 heteroatoms. The maximum Gasteiger partial charge on any atom is 0.234 e. The molecule has 0 bridgehead atoms. The fourth-order valence-corrected chi connectivity index (χ4v) is 4.42. The first-order chi connectivity index (χ1) is 12.6. The Kier molecular flexibility index (Phi) is 4.36. The molecule has 0 radical (unpaired) electrons. The summed E-state index contributed by atoms with van der Waals surface area (Å²) in [6.07, 6.45) is 6.14. The zero-order valence-electron chi connectivity index (χ0n) is 15.3. The second-order valence-corrected chi connectivity index (χ2v) is 7.32. The molecule has 0 aliphatic carbocycles. The molecule has 1 amide bonds. The number of nitrogens with zero attached hydrogens (tertiary/aromatic N) is 4. The van der Waals surface area contributed by atoms with Crippen LogP contribution in [0.5, 0.6) is 5.88 Å². The maximum atomic E-state index is 13.3. The Bertz CT molecular complexity index is 797. The van der Waals surface area contributed by atoms with Gasteiger partial charge in [-0.05, 0) is 30.5 Å². The van der Waals surface area contributed by atoms with Crippen LogP contribution in [-0.4, -0.2) is 47.5 Å². The van der Waals surface area contributed by atoms with E-state index >= 15 is 0 Å². The van der Waals surface area contributed by atoms with Gasteiger partial charge in [0.1, 0.15) is 0 Å². The van der Waals surface area contributed by atoms with E-state index < -0.39 is 0 Å². The van der Waals surface area contributed by atoms with E-state index in [2.05, 4.69) is 21.8 Å². The van der Waals surface area contributed by atoms with Crippen LogP contribution in [0.4, 0.5) is 5.69 Å². The molecule has 0 N–H and O–H groups in total.